The predicted molar refractivity (Wildman–Crippen MR) is 160 cm³/mol. The first-order valence-corrected chi connectivity index (χ1v) is 17.2. The molecule has 45 heavy (non-hydrogen) atoms. The van der Waals surface area contributed by atoms with Gasteiger partial charge in [-0.05, 0) is 73.6 Å². The lowest BCUT2D eigenvalue weighted by molar-refractivity contribution is -0.331. The molecule has 0 aliphatic carbocycles. The van der Waals surface area contributed by atoms with Crippen LogP contribution < -0.4 is 0 Å². The van der Waals surface area contributed by atoms with Gasteiger partial charge in [-0.2, -0.15) is 0 Å². The normalized spacial score (nSPS) is 34.5. The van der Waals surface area contributed by atoms with Crippen LogP contribution in [0, 0.1) is 0 Å². The molecule has 11 atom stereocenters. The molecule has 0 aromatic carbocycles. The van der Waals surface area contributed by atoms with E-state index in [1.54, 1.807) is 20.8 Å². The van der Waals surface area contributed by atoms with Crippen molar-refractivity contribution in [2.75, 3.05) is 39.6 Å². The zero-order valence-corrected chi connectivity index (χ0v) is 28.3. The molecule has 0 aromatic rings. The third-order valence-electron chi connectivity index (χ3n) is 7.45. The number of rotatable bonds is 18. The van der Waals surface area contributed by atoms with Gasteiger partial charge in [0.15, 0.2) is 12.6 Å². The van der Waals surface area contributed by atoms with Crippen LogP contribution in [0.15, 0.2) is 0 Å². The van der Waals surface area contributed by atoms with Gasteiger partial charge in [0.05, 0.1) is 30.6 Å². The molecule has 2 rings (SSSR count). The zero-order valence-electron chi connectivity index (χ0n) is 27.4. The molecule has 0 aromatic heterocycles. The van der Waals surface area contributed by atoms with Gasteiger partial charge in [0.1, 0.15) is 48.8 Å². The van der Waals surface area contributed by atoms with E-state index in [0.717, 1.165) is 6.42 Å². The average Bonchev–Trinajstić information content (AvgIpc) is 2.94. The molecule has 0 spiro atoms. The van der Waals surface area contributed by atoms with Crippen molar-refractivity contribution in [2.45, 2.75) is 146 Å². The van der Waals surface area contributed by atoms with Gasteiger partial charge >= 0.3 is 7.60 Å². The van der Waals surface area contributed by atoms with Gasteiger partial charge in [0, 0.05) is 19.8 Å². The predicted octanol–water partition coefficient (Wildman–Crippen LogP) is 0.418. The van der Waals surface area contributed by atoms with Crippen molar-refractivity contribution in [3.63, 3.8) is 0 Å². The minimum atomic E-state index is -3.74. The Morgan fingerprint density at radius 2 is 1.09 bits per heavy atom. The highest BCUT2D eigenvalue weighted by atomic mass is 31.2. The number of unbranched alkanes of at least 4 members (excludes halogenated alkanes) is 3. The van der Waals surface area contributed by atoms with Crippen molar-refractivity contribution in [3.8, 4) is 0 Å². The van der Waals surface area contributed by atoms with Gasteiger partial charge in [0.25, 0.3) is 0 Å². The number of ether oxygens (including phenoxy) is 6. The molecular formula is C29H57O15P. The van der Waals surface area contributed by atoms with Crippen LogP contribution in [0.3, 0.4) is 0 Å². The Hall–Kier alpha value is -0.330. The summed E-state index contributed by atoms with van der Waals surface area (Å²) in [5, 5.41) is 61.4. The molecule has 0 radical (unpaired) electrons. The number of hydrogen-bond acceptors (Lipinski definition) is 14. The summed E-state index contributed by atoms with van der Waals surface area (Å²) in [4.78, 5) is 9.95. The van der Waals surface area contributed by atoms with E-state index in [1.165, 1.54) is 0 Å². The summed E-state index contributed by atoms with van der Waals surface area (Å²) in [6.07, 6.45) is -11.2. The molecule has 7 N–H and O–H groups in total. The van der Waals surface area contributed by atoms with Gasteiger partial charge in [0.2, 0.25) is 0 Å². The molecule has 2 fully saturated rings. The lowest BCUT2D eigenvalue weighted by Gasteiger charge is -2.43. The third kappa shape index (κ3) is 13.2. The van der Waals surface area contributed by atoms with Crippen LogP contribution >= 0.6 is 7.60 Å². The smallest absolute Gasteiger partial charge is 0.333 e. The van der Waals surface area contributed by atoms with E-state index in [2.05, 4.69) is 0 Å². The molecular weight excluding hydrogens is 619 g/mol. The van der Waals surface area contributed by atoms with Crippen molar-refractivity contribution in [2.24, 2.45) is 0 Å². The number of aliphatic hydroxyl groups is 6. The molecule has 2 aliphatic heterocycles. The minimum absolute atomic E-state index is 0.0731. The fourth-order valence-electron chi connectivity index (χ4n) is 4.42. The molecule has 2 saturated heterocycles. The monoisotopic (exact) mass is 676 g/mol. The Morgan fingerprint density at radius 1 is 0.600 bits per heavy atom. The standard InChI is InChI=1S/C29H57O15P/c1-28(2,3)41-14-11-10-12-38-16-18-20(30)22(32)25(35)27(43-18)40-17-19-21(31)23(33)24(34)26(44-19)39-13-8-7-9-15-42-45(36,37)29(4,5)6/h18-27,30-35H,7-17H2,1-6H3,(H,36,37). The number of hydrogen-bond donors (Lipinski definition) is 7. The third-order valence-corrected chi connectivity index (χ3v) is 9.67. The van der Waals surface area contributed by atoms with Gasteiger partial charge in [-0.3, -0.25) is 4.57 Å². The Bertz CT molecular complexity index is 881. The van der Waals surface area contributed by atoms with E-state index in [0.29, 0.717) is 38.9 Å². The summed E-state index contributed by atoms with van der Waals surface area (Å²) in [5.41, 5.74) is -0.225. The average molecular weight is 677 g/mol. The van der Waals surface area contributed by atoms with E-state index >= 15 is 0 Å². The SMILES string of the molecule is CC(C)(C)OCCCCOCC1OC(OCC2OC(OCCCCCOP(=O)(O)C(C)(C)C)C(O)C(O)C2O)C(O)C(O)C1O. The maximum atomic E-state index is 12.1. The van der Waals surface area contributed by atoms with Crippen molar-refractivity contribution in [1.82, 2.24) is 0 Å². The molecule has 16 heteroatoms. The second kappa shape index (κ2) is 18.4. The maximum absolute atomic E-state index is 12.1. The minimum Gasteiger partial charge on any atom is -0.387 e. The summed E-state index contributed by atoms with van der Waals surface area (Å²) < 4.78 is 51.0. The Labute approximate surface area is 266 Å². The van der Waals surface area contributed by atoms with E-state index in [4.69, 9.17) is 32.9 Å². The maximum Gasteiger partial charge on any atom is 0.333 e. The summed E-state index contributed by atoms with van der Waals surface area (Å²) in [5.74, 6) is 0. The van der Waals surface area contributed by atoms with Gasteiger partial charge < -0.3 is 68.5 Å². The van der Waals surface area contributed by atoms with Crippen molar-refractivity contribution >= 4 is 7.60 Å². The Kier molecular flexibility index (Phi) is 16.7. The van der Waals surface area contributed by atoms with Gasteiger partial charge in [-0.15, -0.1) is 0 Å². The van der Waals surface area contributed by atoms with Crippen LogP contribution in [0.5, 0.6) is 0 Å². The lowest BCUT2D eigenvalue weighted by Crippen LogP contribution is -2.61. The lowest BCUT2D eigenvalue weighted by atomic mass is 9.98. The van der Waals surface area contributed by atoms with E-state index in [-0.39, 0.29) is 25.4 Å². The molecule has 11 unspecified atom stereocenters. The van der Waals surface area contributed by atoms with Crippen LogP contribution in [0.25, 0.3) is 0 Å². The molecule has 2 aliphatic rings. The fourth-order valence-corrected chi connectivity index (χ4v) is 5.18. The first kappa shape index (κ1) is 40.8. The topological polar surface area (TPSA) is 223 Å². The molecule has 0 bridgehead atoms. The number of aliphatic hydroxyl groups excluding tert-OH is 6. The van der Waals surface area contributed by atoms with Crippen LogP contribution in [0.1, 0.15) is 73.6 Å². The van der Waals surface area contributed by atoms with Gasteiger partial charge in [-0.1, -0.05) is 0 Å². The first-order valence-electron chi connectivity index (χ1n) is 15.7. The van der Waals surface area contributed by atoms with E-state index in [9.17, 15) is 40.1 Å². The molecule has 0 amide bonds. The zero-order chi connectivity index (χ0) is 34.0. The van der Waals surface area contributed by atoms with Crippen molar-refractivity contribution in [3.05, 3.63) is 0 Å². The van der Waals surface area contributed by atoms with Crippen LogP contribution in [-0.2, 0) is 37.5 Å². The van der Waals surface area contributed by atoms with Crippen LogP contribution in [0.2, 0.25) is 0 Å². The highest BCUT2D eigenvalue weighted by Crippen LogP contribution is 2.54. The first-order chi connectivity index (χ1) is 20.9. The summed E-state index contributed by atoms with van der Waals surface area (Å²) in [6, 6.07) is 0. The molecule has 2 heterocycles. The summed E-state index contributed by atoms with van der Waals surface area (Å²) in [6.45, 7) is 11.5. The molecule has 268 valence electrons. The molecule has 15 nitrogen and oxygen atoms in total. The Morgan fingerprint density at radius 3 is 1.64 bits per heavy atom. The van der Waals surface area contributed by atoms with Crippen LogP contribution in [0.4, 0.5) is 0 Å². The summed E-state index contributed by atoms with van der Waals surface area (Å²) in [7, 11) is -3.74. The van der Waals surface area contributed by atoms with Crippen molar-refractivity contribution in [1.29, 1.82) is 0 Å². The van der Waals surface area contributed by atoms with E-state index in [1.807, 2.05) is 20.8 Å². The largest absolute Gasteiger partial charge is 0.387 e. The highest BCUT2D eigenvalue weighted by molar-refractivity contribution is 7.54. The fraction of sp³-hybridized carbons (Fsp3) is 1.00. The Balaban J connectivity index is 1.77. The second-order valence-electron chi connectivity index (χ2n) is 13.6. The van der Waals surface area contributed by atoms with E-state index < -0.39 is 80.8 Å². The van der Waals surface area contributed by atoms with Crippen molar-refractivity contribution < 1.29 is 73.0 Å². The summed E-state index contributed by atoms with van der Waals surface area (Å²) >= 11 is 0. The molecule has 0 saturated carbocycles. The quantitative estimate of drug-likeness (QED) is 0.0772. The highest BCUT2D eigenvalue weighted by Gasteiger charge is 2.47. The van der Waals surface area contributed by atoms with Crippen LogP contribution in [-0.4, -0.2) is 147 Å². The second-order valence-corrected chi connectivity index (χ2v) is 16.2. The van der Waals surface area contributed by atoms with Gasteiger partial charge in [-0.25, -0.2) is 0 Å².